The van der Waals surface area contributed by atoms with E-state index >= 15 is 0 Å². The standard InChI is InChI=1S/C21H24N4O3S/c1-24(15-18-6-3-2-4-7-18)29(26,27)25-13-11-20-19(16-25)23-21(28-20)10-9-17-8-5-12-22-14-17/h2-8,12,14H,9-11,13,15-16H2,1H3. The molecule has 0 N–H and O–H groups in total. The third-order valence-corrected chi connectivity index (χ3v) is 6.94. The maximum Gasteiger partial charge on any atom is 0.282 e. The molecule has 1 aliphatic heterocycles. The minimum absolute atomic E-state index is 0.243. The topological polar surface area (TPSA) is 79.5 Å². The zero-order chi connectivity index (χ0) is 20.3. The lowest BCUT2D eigenvalue weighted by atomic mass is 10.1. The maximum absolute atomic E-state index is 13.0. The van der Waals surface area contributed by atoms with Crippen LogP contribution in [0.25, 0.3) is 0 Å². The molecule has 0 amide bonds. The van der Waals surface area contributed by atoms with Crippen LogP contribution in [0.2, 0.25) is 0 Å². The van der Waals surface area contributed by atoms with E-state index in [-0.39, 0.29) is 6.54 Å². The third-order valence-electron chi connectivity index (χ3n) is 5.06. The van der Waals surface area contributed by atoms with Gasteiger partial charge in [-0.15, -0.1) is 0 Å². The minimum atomic E-state index is -3.57. The summed E-state index contributed by atoms with van der Waals surface area (Å²) in [4.78, 5) is 8.68. The molecule has 0 unspecified atom stereocenters. The Morgan fingerprint density at radius 2 is 1.90 bits per heavy atom. The number of aromatic nitrogens is 2. The number of hydrogen-bond acceptors (Lipinski definition) is 5. The summed E-state index contributed by atoms with van der Waals surface area (Å²) in [5.41, 5.74) is 2.79. The number of aryl methyl sites for hydroxylation is 2. The van der Waals surface area contributed by atoms with Crippen LogP contribution in [0.3, 0.4) is 0 Å². The van der Waals surface area contributed by atoms with Crippen molar-refractivity contribution in [1.82, 2.24) is 18.6 Å². The van der Waals surface area contributed by atoms with Gasteiger partial charge in [0.25, 0.3) is 10.2 Å². The van der Waals surface area contributed by atoms with Crippen molar-refractivity contribution >= 4 is 10.2 Å². The number of hydrogen-bond donors (Lipinski definition) is 0. The fourth-order valence-electron chi connectivity index (χ4n) is 3.45. The van der Waals surface area contributed by atoms with Crippen molar-refractivity contribution in [1.29, 1.82) is 0 Å². The molecule has 0 saturated carbocycles. The first kappa shape index (κ1) is 19.8. The summed E-state index contributed by atoms with van der Waals surface area (Å²) < 4.78 is 34.7. The number of nitrogens with zero attached hydrogens (tertiary/aromatic N) is 4. The zero-order valence-corrected chi connectivity index (χ0v) is 17.2. The average molecular weight is 413 g/mol. The fraction of sp³-hybridized carbons (Fsp3) is 0.333. The molecule has 0 aliphatic carbocycles. The van der Waals surface area contributed by atoms with Gasteiger partial charge in [-0.05, 0) is 23.6 Å². The van der Waals surface area contributed by atoms with Gasteiger partial charge in [-0.25, -0.2) is 4.98 Å². The summed E-state index contributed by atoms with van der Waals surface area (Å²) in [6.45, 7) is 0.973. The van der Waals surface area contributed by atoms with Gasteiger partial charge in [0.15, 0.2) is 5.89 Å². The van der Waals surface area contributed by atoms with Crippen LogP contribution in [0.15, 0.2) is 59.3 Å². The quantitative estimate of drug-likeness (QED) is 0.596. The molecular formula is C21H24N4O3S. The van der Waals surface area contributed by atoms with Gasteiger partial charge in [0.2, 0.25) is 0 Å². The van der Waals surface area contributed by atoms with Gasteiger partial charge in [0, 0.05) is 45.4 Å². The van der Waals surface area contributed by atoms with Gasteiger partial charge in [-0.3, -0.25) is 4.98 Å². The predicted octanol–water partition coefficient (Wildman–Crippen LogP) is 2.59. The van der Waals surface area contributed by atoms with Gasteiger partial charge in [-0.2, -0.15) is 17.0 Å². The lowest BCUT2D eigenvalue weighted by Crippen LogP contribution is -2.43. The second-order valence-corrected chi connectivity index (χ2v) is 9.21. The van der Waals surface area contributed by atoms with Crippen molar-refractivity contribution in [2.45, 2.75) is 32.4 Å². The first-order chi connectivity index (χ1) is 14.0. The third kappa shape index (κ3) is 4.55. The summed E-state index contributed by atoms with van der Waals surface area (Å²) in [5.74, 6) is 1.44. The molecule has 8 heteroatoms. The van der Waals surface area contributed by atoms with Gasteiger partial charge in [-0.1, -0.05) is 36.4 Å². The van der Waals surface area contributed by atoms with Gasteiger partial charge < -0.3 is 4.42 Å². The van der Waals surface area contributed by atoms with E-state index in [0.29, 0.717) is 37.5 Å². The molecular weight excluding hydrogens is 388 g/mol. The van der Waals surface area contributed by atoms with Crippen LogP contribution in [0.4, 0.5) is 0 Å². The van der Waals surface area contributed by atoms with Gasteiger partial charge >= 0.3 is 0 Å². The number of oxazole rings is 1. The second-order valence-electron chi connectivity index (χ2n) is 7.17. The lowest BCUT2D eigenvalue weighted by Gasteiger charge is -2.29. The van der Waals surface area contributed by atoms with Crippen LogP contribution >= 0.6 is 0 Å². The fourth-order valence-corrected chi connectivity index (χ4v) is 4.76. The van der Waals surface area contributed by atoms with Crippen LogP contribution in [-0.4, -0.2) is 40.6 Å². The molecule has 0 fully saturated rings. The van der Waals surface area contributed by atoms with Crippen LogP contribution in [0.1, 0.15) is 28.5 Å². The molecule has 7 nitrogen and oxygen atoms in total. The van der Waals surface area contributed by atoms with E-state index in [4.69, 9.17) is 4.42 Å². The Morgan fingerprint density at radius 3 is 2.66 bits per heavy atom. The summed E-state index contributed by atoms with van der Waals surface area (Å²) in [5, 5.41) is 0. The Hall–Kier alpha value is -2.55. The zero-order valence-electron chi connectivity index (χ0n) is 16.4. The monoisotopic (exact) mass is 412 g/mol. The molecule has 0 spiro atoms. The summed E-state index contributed by atoms with van der Waals surface area (Å²) in [6.07, 6.45) is 5.57. The highest BCUT2D eigenvalue weighted by atomic mass is 32.2. The Balaban J connectivity index is 1.42. The molecule has 1 aromatic carbocycles. The maximum atomic E-state index is 13.0. The number of benzene rings is 1. The van der Waals surface area contributed by atoms with Crippen molar-refractivity contribution in [3.8, 4) is 0 Å². The Morgan fingerprint density at radius 1 is 1.10 bits per heavy atom. The predicted molar refractivity (Wildman–Crippen MR) is 109 cm³/mol. The molecule has 1 aliphatic rings. The SMILES string of the molecule is CN(Cc1ccccc1)S(=O)(=O)N1CCc2oc(CCc3cccnc3)nc2C1. The first-order valence-corrected chi connectivity index (χ1v) is 11.0. The minimum Gasteiger partial charge on any atom is -0.445 e. The molecule has 0 saturated heterocycles. The van der Waals surface area contributed by atoms with E-state index in [1.54, 1.807) is 13.2 Å². The molecule has 29 heavy (non-hydrogen) atoms. The van der Waals surface area contributed by atoms with Gasteiger partial charge in [0.05, 0.1) is 12.2 Å². The van der Waals surface area contributed by atoms with Crippen molar-refractivity contribution in [3.05, 3.63) is 83.3 Å². The number of pyridine rings is 1. The first-order valence-electron chi connectivity index (χ1n) is 9.64. The Kier molecular flexibility index (Phi) is 5.75. The van der Waals surface area contributed by atoms with E-state index < -0.39 is 10.2 Å². The van der Waals surface area contributed by atoms with Gasteiger partial charge in [0.1, 0.15) is 5.76 Å². The lowest BCUT2D eigenvalue weighted by molar-refractivity contribution is 0.323. The molecule has 0 radical (unpaired) electrons. The van der Waals surface area contributed by atoms with Crippen LogP contribution in [-0.2, 0) is 42.6 Å². The smallest absolute Gasteiger partial charge is 0.282 e. The number of rotatable bonds is 7. The molecule has 0 bridgehead atoms. The summed E-state index contributed by atoms with van der Waals surface area (Å²) >= 11 is 0. The molecule has 0 atom stereocenters. The van der Waals surface area contributed by atoms with Crippen LogP contribution < -0.4 is 0 Å². The molecule has 3 heterocycles. The molecule has 152 valence electrons. The van der Waals surface area contributed by atoms with Crippen molar-refractivity contribution in [3.63, 3.8) is 0 Å². The molecule has 3 aromatic rings. The van der Waals surface area contributed by atoms with E-state index in [2.05, 4.69) is 9.97 Å². The van der Waals surface area contributed by atoms with Crippen molar-refractivity contribution in [2.75, 3.05) is 13.6 Å². The van der Waals surface area contributed by atoms with E-state index in [1.807, 2.05) is 48.7 Å². The van der Waals surface area contributed by atoms with Crippen LogP contribution in [0.5, 0.6) is 0 Å². The largest absolute Gasteiger partial charge is 0.445 e. The normalized spacial score (nSPS) is 14.8. The summed E-state index contributed by atoms with van der Waals surface area (Å²) in [7, 11) is -1.96. The Bertz CT molecular complexity index is 1050. The highest BCUT2D eigenvalue weighted by Crippen LogP contribution is 2.24. The highest BCUT2D eigenvalue weighted by molar-refractivity contribution is 7.86. The molecule has 4 rings (SSSR count). The number of fused-ring (bicyclic) bond motifs is 1. The Labute approximate surface area is 171 Å². The van der Waals surface area contributed by atoms with Crippen molar-refractivity contribution in [2.24, 2.45) is 0 Å². The average Bonchev–Trinajstić information content (AvgIpc) is 3.16. The van der Waals surface area contributed by atoms with E-state index in [0.717, 1.165) is 23.3 Å². The van der Waals surface area contributed by atoms with E-state index in [9.17, 15) is 8.42 Å². The van der Waals surface area contributed by atoms with Crippen LogP contribution in [0, 0.1) is 0 Å². The molecule has 2 aromatic heterocycles. The van der Waals surface area contributed by atoms with Crippen molar-refractivity contribution < 1.29 is 12.8 Å². The summed E-state index contributed by atoms with van der Waals surface area (Å²) in [6, 6.07) is 13.5. The second kappa shape index (κ2) is 8.44. The van der Waals surface area contributed by atoms with E-state index in [1.165, 1.54) is 8.61 Å². The highest BCUT2D eigenvalue weighted by Gasteiger charge is 2.32.